The average Bonchev–Trinajstić information content (AvgIpc) is 2.31. The van der Waals surface area contributed by atoms with Crippen LogP contribution in [0.25, 0.3) is 0 Å². The average molecular weight is 275 g/mol. The summed E-state index contributed by atoms with van der Waals surface area (Å²) in [6, 6.07) is 1.49. The molecule has 0 radical (unpaired) electrons. The number of hydrogen-bond acceptors (Lipinski definition) is 3. The minimum atomic E-state index is -0.130. The van der Waals surface area contributed by atoms with Crippen LogP contribution in [0.4, 0.5) is 0 Å². The Morgan fingerprint density at radius 1 is 1.59 bits per heavy atom. The standard InChI is InChI=1S/C11H12Cl2N2O2/c1-7-6-15(2-3-17-7)11(16)8-4-10(13)14-5-9(8)12/h4-5,7H,2-3,6H2,1H3. The monoisotopic (exact) mass is 274 g/mol. The summed E-state index contributed by atoms with van der Waals surface area (Å²) in [5, 5.41) is 0.581. The highest BCUT2D eigenvalue weighted by Gasteiger charge is 2.24. The van der Waals surface area contributed by atoms with Gasteiger partial charge in [-0.2, -0.15) is 0 Å². The number of carbonyl (C=O) groups is 1. The molecule has 1 aliphatic rings. The van der Waals surface area contributed by atoms with E-state index in [-0.39, 0.29) is 17.2 Å². The highest BCUT2D eigenvalue weighted by molar-refractivity contribution is 6.35. The lowest BCUT2D eigenvalue weighted by Gasteiger charge is -2.31. The van der Waals surface area contributed by atoms with Gasteiger partial charge >= 0.3 is 0 Å². The number of nitrogens with zero attached hydrogens (tertiary/aromatic N) is 2. The lowest BCUT2D eigenvalue weighted by Crippen LogP contribution is -2.44. The van der Waals surface area contributed by atoms with Crippen molar-refractivity contribution >= 4 is 29.1 Å². The first-order chi connectivity index (χ1) is 8.08. The number of pyridine rings is 1. The molecule has 1 fully saturated rings. The van der Waals surface area contributed by atoms with E-state index in [9.17, 15) is 4.79 Å². The summed E-state index contributed by atoms with van der Waals surface area (Å²) in [6.07, 6.45) is 1.44. The Morgan fingerprint density at radius 2 is 2.35 bits per heavy atom. The molecule has 6 heteroatoms. The Kier molecular flexibility index (Phi) is 3.86. The first kappa shape index (κ1) is 12.6. The third-order valence-electron chi connectivity index (χ3n) is 2.58. The number of carbonyl (C=O) groups excluding carboxylic acids is 1. The van der Waals surface area contributed by atoms with E-state index in [1.54, 1.807) is 4.90 Å². The summed E-state index contributed by atoms with van der Waals surface area (Å²) >= 11 is 11.7. The van der Waals surface area contributed by atoms with Gasteiger partial charge < -0.3 is 9.64 Å². The SMILES string of the molecule is CC1CN(C(=O)c2cc(Cl)ncc2Cl)CCO1. The molecule has 1 aliphatic heterocycles. The van der Waals surface area contributed by atoms with Crippen LogP contribution in [0, 0.1) is 0 Å². The number of halogens is 2. The smallest absolute Gasteiger partial charge is 0.255 e. The van der Waals surface area contributed by atoms with Crippen molar-refractivity contribution in [3.63, 3.8) is 0 Å². The van der Waals surface area contributed by atoms with Crippen LogP contribution in [0.2, 0.25) is 10.2 Å². The van der Waals surface area contributed by atoms with Crippen LogP contribution in [-0.4, -0.2) is 41.6 Å². The number of morpholine rings is 1. The predicted molar refractivity (Wildman–Crippen MR) is 65.6 cm³/mol. The normalized spacial score (nSPS) is 20.4. The van der Waals surface area contributed by atoms with Crippen molar-refractivity contribution in [1.29, 1.82) is 0 Å². The number of aromatic nitrogens is 1. The van der Waals surface area contributed by atoms with Gasteiger partial charge in [-0.05, 0) is 13.0 Å². The van der Waals surface area contributed by atoms with E-state index in [4.69, 9.17) is 27.9 Å². The van der Waals surface area contributed by atoms with E-state index in [1.165, 1.54) is 12.3 Å². The summed E-state index contributed by atoms with van der Waals surface area (Å²) in [5.41, 5.74) is 0.390. The summed E-state index contributed by atoms with van der Waals surface area (Å²) in [7, 11) is 0. The lowest BCUT2D eigenvalue weighted by atomic mass is 10.2. The predicted octanol–water partition coefficient (Wildman–Crippen LogP) is 2.25. The summed E-state index contributed by atoms with van der Waals surface area (Å²) in [4.78, 5) is 17.8. The van der Waals surface area contributed by atoms with Gasteiger partial charge in [-0.25, -0.2) is 4.98 Å². The second kappa shape index (κ2) is 5.21. The molecule has 2 heterocycles. The molecular weight excluding hydrogens is 263 g/mol. The van der Waals surface area contributed by atoms with Crippen molar-refractivity contribution in [2.75, 3.05) is 19.7 Å². The second-order valence-corrected chi connectivity index (χ2v) is 4.71. The van der Waals surface area contributed by atoms with Gasteiger partial charge in [0.1, 0.15) is 5.15 Å². The van der Waals surface area contributed by atoms with Gasteiger partial charge in [0.2, 0.25) is 0 Å². The molecule has 2 rings (SSSR count). The molecule has 0 N–H and O–H groups in total. The molecule has 92 valence electrons. The Balaban J connectivity index is 2.21. The van der Waals surface area contributed by atoms with Crippen molar-refractivity contribution in [1.82, 2.24) is 9.88 Å². The topological polar surface area (TPSA) is 42.4 Å². The van der Waals surface area contributed by atoms with E-state index in [0.29, 0.717) is 30.3 Å². The summed E-state index contributed by atoms with van der Waals surface area (Å²) < 4.78 is 5.38. The molecule has 1 aromatic rings. The van der Waals surface area contributed by atoms with E-state index < -0.39 is 0 Å². The lowest BCUT2D eigenvalue weighted by molar-refractivity contribution is -0.0124. The third kappa shape index (κ3) is 2.89. The minimum Gasteiger partial charge on any atom is -0.375 e. The first-order valence-corrected chi connectivity index (χ1v) is 6.05. The highest BCUT2D eigenvalue weighted by Crippen LogP contribution is 2.20. The highest BCUT2D eigenvalue weighted by atomic mass is 35.5. The fourth-order valence-electron chi connectivity index (χ4n) is 1.75. The fraction of sp³-hybridized carbons (Fsp3) is 0.455. The van der Waals surface area contributed by atoms with Gasteiger partial charge in [0.05, 0.1) is 23.3 Å². The molecular formula is C11H12Cl2N2O2. The van der Waals surface area contributed by atoms with Gasteiger partial charge in [-0.1, -0.05) is 23.2 Å². The van der Waals surface area contributed by atoms with Crippen molar-refractivity contribution in [2.24, 2.45) is 0 Å². The zero-order valence-corrected chi connectivity index (χ0v) is 10.8. The summed E-state index contributed by atoms with van der Waals surface area (Å²) in [6.45, 7) is 3.61. The molecule has 0 spiro atoms. The molecule has 17 heavy (non-hydrogen) atoms. The van der Waals surface area contributed by atoms with Gasteiger partial charge in [-0.3, -0.25) is 4.79 Å². The molecule has 1 saturated heterocycles. The molecule has 1 aromatic heterocycles. The Labute approximate surface area is 109 Å². The van der Waals surface area contributed by atoms with Crippen LogP contribution < -0.4 is 0 Å². The van der Waals surface area contributed by atoms with Crippen molar-refractivity contribution in [3.8, 4) is 0 Å². The van der Waals surface area contributed by atoms with Crippen molar-refractivity contribution in [2.45, 2.75) is 13.0 Å². The van der Waals surface area contributed by atoms with Crippen LogP contribution >= 0.6 is 23.2 Å². The Morgan fingerprint density at radius 3 is 3.06 bits per heavy atom. The van der Waals surface area contributed by atoms with Crippen LogP contribution in [-0.2, 0) is 4.74 Å². The molecule has 1 atom stereocenters. The zero-order chi connectivity index (χ0) is 12.4. The third-order valence-corrected chi connectivity index (χ3v) is 3.09. The molecule has 0 aliphatic carbocycles. The quantitative estimate of drug-likeness (QED) is 0.738. The number of ether oxygens (including phenoxy) is 1. The number of rotatable bonds is 1. The molecule has 0 aromatic carbocycles. The zero-order valence-electron chi connectivity index (χ0n) is 9.32. The Bertz CT molecular complexity index is 439. The molecule has 1 amide bonds. The minimum absolute atomic E-state index is 0.0452. The molecule has 0 bridgehead atoms. The van der Waals surface area contributed by atoms with Gasteiger partial charge in [-0.15, -0.1) is 0 Å². The van der Waals surface area contributed by atoms with E-state index in [2.05, 4.69) is 4.98 Å². The molecule has 0 saturated carbocycles. The maximum atomic E-state index is 12.2. The van der Waals surface area contributed by atoms with E-state index in [0.717, 1.165) is 0 Å². The maximum Gasteiger partial charge on any atom is 0.255 e. The fourth-order valence-corrected chi connectivity index (χ4v) is 2.09. The Hall–Kier alpha value is -0.840. The van der Waals surface area contributed by atoms with E-state index >= 15 is 0 Å². The van der Waals surface area contributed by atoms with Gasteiger partial charge in [0, 0.05) is 19.3 Å². The number of amides is 1. The van der Waals surface area contributed by atoms with Crippen LogP contribution in [0.5, 0.6) is 0 Å². The maximum absolute atomic E-state index is 12.2. The van der Waals surface area contributed by atoms with Gasteiger partial charge in [0.15, 0.2) is 0 Å². The van der Waals surface area contributed by atoms with Crippen molar-refractivity contribution < 1.29 is 9.53 Å². The second-order valence-electron chi connectivity index (χ2n) is 3.92. The van der Waals surface area contributed by atoms with Gasteiger partial charge in [0.25, 0.3) is 5.91 Å². The first-order valence-electron chi connectivity index (χ1n) is 5.30. The number of hydrogen-bond donors (Lipinski definition) is 0. The van der Waals surface area contributed by atoms with Crippen LogP contribution in [0.1, 0.15) is 17.3 Å². The van der Waals surface area contributed by atoms with Crippen LogP contribution in [0.15, 0.2) is 12.3 Å². The largest absolute Gasteiger partial charge is 0.375 e. The molecule has 1 unspecified atom stereocenters. The van der Waals surface area contributed by atoms with E-state index in [1.807, 2.05) is 6.92 Å². The van der Waals surface area contributed by atoms with Crippen molar-refractivity contribution in [3.05, 3.63) is 28.0 Å². The summed E-state index contributed by atoms with van der Waals surface area (Å²) in [5.74, 6) is -0.130. The molecule has 4 nitrogen and oxygen atoms in total. The van der Waals surface area contributed by atoms with Crippen LogP contribution in [0.3, 0.4) is 0 Å².